The molecule has 1 aliphatic rings. The highest BCUT2D eigenvalue weighted by atomic mass is 16.7. The average molecular weight is 274 g/mol. The molecular formula is C10H14N2O7. The molecule has 1 saturated heterocycles. The minimum Gasteiger partial charge on any atom is -0.391 e. The van der Waals surface area contributed by atoms with E-state index in [-0.39, 0.29) is 0 Å². The average Bonchev–Trinajstić information content (AvgIpc) is 2.64. The maximum Gasteiger partial charge on any atom is 0.330 e. The standard InChI is InChI=1S/C10H14N2O7/c1-18-10(4-13)7(16)6(15)8(19-10)12-3-2-5(14)11-9(12)17/h2-3,6-8,13,15-16H,4H2,1H3,(H,11,14,17)/t6?,7?,8-,10-/m0/s1. The van der Waals surface area contributed by atoms with E-state index in [9.17, 15) is 24.9 Å². The molecule has 2 heterocycles. The van der Waals surface area contributed by atoms with Crippen molar-refractivity contribution in [2.24, 2.45) is 0 Å². The van der Waals surface area contributed by atoms with E-state index in [0.717, 1.165) is 16.8 Å². The number of nitrogens with one attached hydrogen (secondary N) is 1. The molecule has 0 aliphatic carbocycles. The Hall–Kier alpha value is -1.52. The number of methoxy groups -OCH3 is 1. The van der Waals surface area contributed by atoms with Gasteiger partial charge in [-0.05, 0) is 0 Å². The molecule has 0 saturated carbocycles. The highest BCUT2D eigenvalue weighted by molar-refractivity contribution is 4.97. The Bertz CT molecular complexity index is 561. The first-order valence-corrected chi connectivity index (χ1v) is 5.46. The zero-order chi connectivity index (χ0) is 14.2. The molecule has 2 unspecified atom stereocenters. The van der Waals surface area contributed by atoms with Crippen molar-refractivity contribution in [3.8, 4) is 0 Å². The van der Waals surface area contributed by atoms with Crippen molar-refractivity contribution in [3.63, 3.8) is 0 Å². The van der Waals surface area contributed by atoms with Crippen LogP contribution in [0.1, 0.15) is 6.23 Å². The molecule has 1 fully saturated rings. The molecular weight excluding hydrogens is 260 g/mol. The number of ether oxygens (including phenoxy) is 2. The van der Waals surface area contributed by atoms with Crippen LogP contribution in [-0.2, 0) is 9.47 Å². The van der Waals surface area contributed by atoms with Gasteiger partial charge in [0.1, 0.15) is 18.8 Å². The summed E-state index contributed by atoms with van der Waals surface area (Å²) in [6.07, 6.45) is -3.22. The first-order chi connectivity index (χ1) is 8.95. The monoisotopic (exact) mass is 274 g/mol. The Morgan fingerprint density at radius 1 is 1.53 bits per heavy atom. The van der Waals surface area contributed by atoms with Gasteiger partial charge < -0.3 is 24.8 Å². The van der Waals surface area contributed by atoms with Gasteiger partial charge in [-0.2, -0.15) is 0 Å². The lowest BCUT2D eigenvalue weighted by atomic mass is 10.1. The summed E-state index contributed by atoms with van der Waals surface area (Å²) in [6.45, 7) is -0.712. The van der Waals surface area contributed by atoms with Crippen LogP contribution in [0.25, 0.3) is 0 Å². The molecule has 0 spiro atoms. The van der Waals surface area contributed by atoms with Crippen molar-refractivity contribution in [3.05, 3.63) is 33.1 Å². The SMILES string of the molecule is CO[C@@]1(CO)O[C@H](n2ccc(=O)[nH]c2=O)C(O)C1O. The van der Waals surface area contributed by atoms with Crippen LogP contribution in [0.3, 0.4) is 0 Å². The molecule has 0 aromatic carbocycles. The summed E-state index contributed by atoms with van der Waals surface area (Å²) in [5, 5.41) is 28.9. The summed E-state index contributed by atoms with van der Waals surface area (Å²) in [5.41, 5.74) is -1.41. The van der Waals surface area contributed by atoms with Gasteiger partial charge in [0.2, 0.25) is 5.79 Å². The van der Waals surface area contributed by atoms with Gasteiger partial charge in [0.05, 0.1) is 0 Å². The van der Waals surface area contributed by atoms with Gasteiger partial charge in [-0.25, -0.2) is 4.79 Å². The molecule has 9 heteroatoms. The Balaban J connectivity index is 2.42. The second kappa shape index (κ2) is 4.87. The van der Waals surface area contributed by atoms with Crippen LogP contribution in [-0.4, -0.2) is 56.6 Å². The molecule has 4 N–H and O–H groups in total. The van der Waals surface area contributed by atoms with Gasteiger partial charge in [-0.1, -0.05) is 0 Å². The smallest absolute Gasteiger partial charge is 0.330 e. The lowest BCUT2D eigenvalue weighted by Crippen LogP contribution is -2.47. The van der Waals surface area contributed by atoms with Gasteiger partial charge >= 0.3 is 5.69 Å². The molecule has 4 atom stereocenters. The summed E-state index contributed by atoms with van der Waals surface area (Å²) in [4.78, 5) is 24.5. The summed E-state index contributed by atoms with van der Waals surface area (Å²) < 4.78 is 11.0. The van der Waals surface area contributed by atoms with Crippen molar-refractivity contribution < 1.29 is 24.8 Å². The summed E-state index contributed by atoms with van der Waals surface area (Å²) >= 11 is 0. The Morgan fingerprint density at radius 2 is 2.21 bits per heavy atom. The fourth-order valence-electron chi connectivity index (χ4n) is 1.97. The summed E-state index contributed by atoms with van der Waals surface area (Å²) in [6, 6.07) is 1.07. The van der Waals surface area contributed by atoms with Gasteiger partial charge in [0, 0.05) is 19.4 Å². The van der Waals surface area contributed by atoms with E-state index in [1.54, 1.807) is 0 Å². The van der Waals surface area contributed by atoms with Crippen molar-refractivity contribution >= 4 is 0 Å². The topological polar surface area (TPSA) is 134 Å². The van der Waals surface area contributed by atoms with Gasteiger partial charge in [0.15, 0.2) is 6.23 Å². The molecule has 19 heavy (non-hydrogen) atoms. The van der Waals surface area contributed by atoms with E-state index >= 15 is 0 Å². The number of nitrogens with zero attached hydrogens (tertiary/aromatic N) is 1. The maximum absolute atomic E-state index is 11.6. The summed E-state index contributed by atoms with van der Waals surface area (Å²) in [5.74, 6) is -1.82. The van der Waals surface area contributed by atoms with Crippen molar-refractivity contribution in [2.45, 2.75) is 24.2 Å². The van der Waals surface area contributed by atoms with Crippen molar-refractivity contribution in [1.29, 1.82) is 0 Å². The number of aliphatic hydroxyl groups is 3. The lowest BCUT2D eigenvalue weighted by molar-refractivity contribution is -0.269. The molecule has 0 bridgehead atoms. The number of hydrogen-bond acceptors (Lipinski definition) is 7. The first kappa shape index (κ1) is 13.9. The second-order valence-electron chi connectivity index (χ2n) is 4.14. The van der Waals surface area contributed by atoms with Crippen LogP contribution in [0.2, 0.25) is 0 Å². The van der Waals surface area contributed by atoms with Crippen LogP contribution >= 0.6 is 0 Å². The van der Waals surface area contributed by atoms with E-state index in [1.165, 1.54) is 7.11 Å². The Morgan fingerprint density at radius 3 is 2.68 bits per heavy atom. The molecule has 9 nitrogen and oxygen atoms in total. The van der Waals surface area contributed by atoms with Gasteiger partial charge in [0.25, 0.3) is 5.56 Å². The minimum atomic E-state index is -1.82. The zero-order valence-electron chi connectivity index (χ0n) is 10.0. The van der Waals surface area contributed by atoms with E-state index in [0.29, 0.717) is 0 Å². The van der Waals surface area contributed by atoms with Gasteiger partial charge in [-0.15, -0.1) is 0 Å². The number of aromatic amines is 1. The van der Waals surface area contributed by atoms with Gasteiger partial charge in [-0.3, -0.25) is 14.3 Å². The van der Waals surface area contributed by atoms with E-state index in [1.807, 2.05) is 4.98 Å². The number of rotatable bonds is 3. The predicted octanol–water partition coefficient (Wildman–Crippen LogP) is -2.88. The molecule has 0 radical (unpaired) electrons. The highest BCUT2D eigenvalue weighted by Gasteiger charge is 2.55. The largest absolute Gasteiger partial charge is 0.391 e. The fourth-order valence-corrected chi connectivity index (χ4v) is 1.97. The normalized spacial score (nSPS) is 34.6. The Labute approximate surface area is 106 Å². The molecule has 1 aliphatic heterocycles. The van der Waals surface area contributed by atoms with Crippen LogP contribution < -0.4 is 11.2 Å². The van der Waals surface area contributed by atoms with E-state index in [4.69, 9.17) is 9.47 Å². The first-order valence-electron chi connectivity index (χ1n) is 5.46. The Kier molecular flexibility index (Phi) is 3.56. The third kappa shape index (κ3) is 2.11. The van der Waals surface area contributed by atoms with Crippen LogP contribution in [0.5, 0.6) is 0 Å². The number of aliphatic hydroxyl groups excluding tert-OH is 3. The maximum atomic E-state index is 11.6. The van der Waals surface area contributed by atoms with Crippen LogP contribution in [0, 0.1) is 0 Å². The quantitative estimate of drug-likeness (QED) is 0.465. The second-order valence-corrected chi connectivity index (χ2v) is 4.14. The third-order valence-corrected chi connectivity index (χ3v) is 3.08. The third-order valence-electron chi connectivity index (χ3n) is 3.08. The van der Waals surface area contributed by atoms with Crippen molar-refractivity contribution in [2.75, 3.05) is 13.7 Å². The lowest BCUT2D eigenvalue weighted by Gasteiger charge is -2.27. The highest BCUT2D eigenvalue weighted by Crippen LogP contribution is 2.36. The van der Waals surface area contributed by atoms with Crippen molar-refractivity contribution in [1.82, 2.24) is 9.55 Å². The molecule has 1 aromatic heterocycles. The van der Waals surface area contributed by atoms with Crippen LogP contribution in [0.15, 0.2) is 21.9 Å². The van der Waals surface area contributed by atoms with E-state index < -0.39 is 42.1 Å². The minimum absolute atomic E-state index is 0.602. The molecule has 2 rings (SSSR count). The fraction of sp³-hybridized carbons (Fsp3) is 0.600. The molecule has 1 aromatic rings. The number of hydrogen-bond donors (Lipinski definition) is 4. The molecule has 106 valence electrons. The summed E-state index contributed by atoms with van der Waals surface area (Å²) in [7, 11) is 1.18. The zero-order valence-corrected chi connectivity index (χ0v) is 10.0. The number of aromatic nitrogens is 2. The van der Waals surface area contributed by atoms with Crippen LogP contribution in [0.4, 0.5) is 0 Å². The number of H-pyrrole nitrogens is 1. The predicted molar refractivity (Wildman–Crippen MR) is 60.3 cm³/mol. The van der Waals surface area contributed by atoms with E-state index in [2.05, 4.69) is 0 Å². The molecule has 0 amide bonds.